The number of hydrogen-bond donors (Lipinski definition) is 2. The second kappa shape index (κ2) is 5.31. The van der Waals surface area contributed by atoms with Crippen molar-refractivity contribution in [2.75, 3.05) is 0 Å². The van der Waals surface area contributed by atoms with E-state index in [2.05, 4.69) is 22.4 Å². The van der Waals surface area contributed by atoms with Gasteiger partial charge < -0.3 is 5.32 Å². The van der Waals surface area contributed by atoms with E-state index in [-0.39, 0.29) is 0 Å². The lowest BCUT2D eigenvalue weighted by molar-refractivity contribution is 0.254. The van der Waals surface area contributed by atoms with Crippen LogP contribution in [-0.2, 0) is 6.54 Å². The van der Waals surface area contributed by atoms with Crippen molar-refractivity contribution >= 4 is 0 Å². The van der Waals surface area contributed by atoms with Crippen molar-refractivity contribution in [3.05, 3.63) is 18.0 Å². The molecule has 3 nitrogen and oxygen atoms in total. The van der Waals surface area contributed by atoms with E-state index >= 15 is 0 Å². The molecular weight excluding hydrogens is 186 g/mol. The fraction of sp³-hybridized carbons (Fsp3) is 0.750. The van der Waals surface area contributed by atoms with Crippen LogP contribution < -0.4 is 5.32 Å². The molecule has 0 radical (unpaired) electrons. The van der Waals surface area contributed by atoms with Gasteiger partial charge in [0.05, 0.1) is 0 Å². The van der Waals surface area contributed by atoms with Crippen LogP contribution in [0.25, 0.3) is 0 Å². The van der Waals surface area contributed by atoms with Crippen LogP contribution >= 0.6 is 0 Å². The predicted molar refractivity (Wildman–Crippen MR) is 61.5 cm³/mol. The first-order valence-corrected chi connectivity index (χ1v) is 6.11. The molecule has 3 heteroatoms. The van der Waals surface area contributed by atoms with Crippen LogP contribution in [0.5, 0.6) is 0 Å². The summed E-state index contributed by atoms with van der Waals surface area (Å²) in [6.45, 7) is 3.24. The van der Waals surface area contributed by atoms with Crippen molar-refractivity contribution in [3.8, 4) is 0 Å². The molecule has 1 saturated carbocycles. The summed E-state index contributed by atoms with van der Waals surface area (Å²) in [5, 5.41) is 10.6. The van der Waals surface area contributed by atoms with Crippen LogP contribution in [0, 0.1) is 5.92 Å². The van der Waals surface area contributed by atoms with Crippen LogP contribution in [-0.4, -0.2) is 16.2 Å². The minimum absolute atomic E-state index is 0.715. The lowest BCUT2D eigenvalue weighted by Gasteiger charge is -2.31. The number of nitrogens with one attached hydrogen (secondary N) is 2. The van der Waals surface area contributed by atoms with Crippen LogP contribution in [0.1, 0.15) is 44.7 Å². The molecule has 0 aliphatic heterocycles. The maximum Gasteiger partial charge on any atom is 0.0490 e. The highest BCUT2D eigenvalue weighted by Gasteiger charge is 2.22. The molecule has 0 saturated heterocycles. The molecule has 84 valence electrons. The summed E-state index contributed by atoms with van der Waals surface area (Å²) >= 11 is 0. The third kappa shape index (κ3) is 2.81. The number of nitrogens with zero attached hydrogens (tertiary/aromatic N) is 1. The predicted octanol–water partition coefficient (Wildman–Crippen LogP) is 2.47. The van der Waals surface area contributed by atoms with Gasteiger partial charge in [-0.15, -0.1) is 0 Å². The number of hydrogen-bond acceptors (Lipinski definition) is 2. The van der Waals surface area contributed by atoms with E-state index in [0.717, 1.165) is 12.5 Å². The van der Waals surface area contributed by atoms with Crippen LogP contribution in [0.3, 0.4) is 0 Å². The van der Waals surface area contributed by atoms with Gasteiger partial charge in [0.25, 0.3) is 0 Å². The standard InChI is InChI=1S/C12H21N3/c1-2-10-5-3-4-6-12(10)13-9-11-7-8-14-15-11/h7-8,10,12-13H,2-6,9H2,1H3,(H,14,15). The van der Waals surface area contributed by atoms with Crippen molar-refractivity contribution in [2.45, 2.75) is 51.6 Å². The third-order valence-electron chi connectivity index (χ3n) is 3.55. The molecule has 2 rings (SSSR count). The zero-order valence-electron chi connectivity index (χ0n) is 9.50. The molecule has 15 heavy (non-hydrogen) atoms. The Morgan fingerprint density at radius 1 is 1.47 bits per heavy atom. The summed E-state index contributed by atoms with van der Waals surface area (Å²) in [5.74, 6) is 0.877. The molecule has 1 aliphatic rings. The molecule has 1 aromatic heterocycles. The molecule has 2 N–H and O–H groups in total. The first kappa shape index (κ1) is 10.7. The summed E-state index contributed by atoms with van der Waals surface area (Å²) < 4.78 is 0. The van der Waals surface area contributed by atoms with Crippen LogP contribution in [0.15, 0.2) is 12.3 Å². The van der Waals surface area contributed by atoms with Crippen molar-refractivity contribution < 1.29 is 0 Å². The fourth-order valence-corrected chi connectivity index (χ4v) is 2.59. The summed E-state index contributed by atoms with van der Waals surface area (Å²) in [7, 11) is 0. The van der Waals surface area contributed by atoms with Crippen molar-refractivity contribution in [1.29, 1.82) is 0 Å². The van der Waals surface area contributed by atoms with Crippen LogP contribution in [0.4, 0.5) is 0 Å². The van der Waals surface area contributed by atoms with Gasteiger partial charge in [0.1, 0.15) is 0 Å². The first-order valence-electron chi connectivity index (χ1n) is 6.11. The fourth-order valence-electron chi connectivity index (χ4n) is 2.59. The minimum Gasteiger partial charge on any atom is -0.308 e. The Hall–Kier alpha value is -0.830. The smallest absolute Gasteiger partial charge is 0.0490 e. The van der Waals surface area contributed by atoms with Gasteiger partial charge in [-0.1, -0.05) is 26.2 Å². The van der Waals surface area contributed by atoms with Gasteiger partial charge in [-0.05, 0) is 24.8 Å². The Kier molecular flexibility index (Phi) is 3.78. The van der Waals surface area contributed by atoms with E-state index < -0.39 is 0 Å². The molecule has 0 amide bonds. The Labute approximate surface area is 91.7 Å². The zero-order valence-corrected chi connectivity index (χ0v) is 9.50. The molecular formula is C12H21N3. The number of aromatic amines is 1. The normalized spacial score (nSPS) is 26.7. The molecule has 1 aromatic rings. The minimum atomic E-state index is 0.715. The van der Waals surface area contributed by atoms with Crippen molar-refractivity contribution in [1.82, 2.24) is 15.5 Å². The second-order valence-corrected chi connectivity index (χ2v) is 4.52. The third-order valence-corrected chi connectivity index (χ3v) is 3.55. The van der Waals surface area contributed by atoms with Gasteiger partial charge in [-0.25, -0.2) is 0 Å². The van der Waals surface area contributed by atoms with E-state index in [1.165, 1.54) is 37.8 Å². The zero-order chi connectivity index (χ0) is 10.5. The summed E-state index contributed by atoms with van der Waals surface area (Å²) in [4.78, 5) is 0. The van der Waals surface area contributed by atoms with E-state index in [4.69, 9.17) is 0 Å². The quantitative estimate of drug-likeness (QED) is 0.796. The largest absolute Gasteiger partial charge is 0.308 e. The lowest BCUT2D eigenvalue weighted by atomic mass is 9.83. The van der Waals surface area contributed by atoms with E-state index in [0.29, 0.717) is 6.04 Å². The summed E-state index contributed by atoms with van der Waals surface area (Å²) in [5.41, 5.74) is 1.19. The molecule has 0 aromatic carbocycles. The van der Waals surface area contributed by atoms with Gasteiger partial charge in [0, 0.05) is 24.5 Å². The molecule has 0 spiro atoms. The lowest BCUT2D eigenvalue weighted by Crippen LogP contribution is -2.37. The molecule has 1 fully saturated rings. The Bertz CT molecular complexity index is 268. The highest BCUT2D eigenvalue weighted by Crippen LogP contribution is 2.26. The van der Waals surface area contributed by atoms with Gasteiger partial charge in [0.15, 0.2) is 0 Å². The molecule has 1 aliphatic carbocycles. The van der Waals surface area contributed by atoms with Crippen LogP contribution in [0.2, 0.25) is 0 Å². The first-order chi connectivity index (χ1) is 7.40. The maximum atomic E-state index is 3.96. The van der Waals surface area contributed by atoms with E-state index in [1.807, 2.05) is 12.3 Å². The highest BCUT2D eigenvalue weighted by atomic mass is 15.1. The topological polar surface area (TPSA) is 40.7 Å². The van der Waals surface area contributed by atoms with E-state index in [1.54, 1.807) is 0 Å². The van der Waals surface area contributed by atoms with Gasteiger partial charge in [-0.3, -0.25) is 5.10 Å². The van der Waals surface area contributed by atoms with Gasteiger partial charge in [0.2, 0.25) is 0 Å². The Balaban J connectivity index is 1.81. The highest BCUT2D eigenvalue weighted by molar-refractivity contribution is 4.97. The summed E-state index contributed by atoms with van der Waals surface area (Å²) in [6, 6.07) is 2.75. The molecule has 2 unspecified atom stereocenters. The SMILES string of the molecule is CCC1CCCCC1NCc1ccn[nH]1. The average Bonchev–Trinajstić information content (AvgIpc) is 2.79. The van der Waals surface area contributed by atoms with Gasteiger partial charge >= 0.3 is 0 Å². The Morgan fingerprint density at radius 3 is 3.07 bits per heavy atom. The molecule has 2 atom stereocenters. The van der Waals surface area contributed by atoms with Crippen molar-refractivity contribution in [3.63, 3.8) is 0 Å². The van der Waals surface area contributed by atoms with Crippen molar-refractivity contribution in [2.24, 2.45) is 5.92 Å². The monoisotopic (exact) mass is 207 g/mol. The number of aromatic nitrogens is 2. The Morgan fingerprint density at radius 2 is 2.33 bits per heavy atom. The second-order valence-electron chi connectivity index (χ2n) is 4.52. The van der Waals surface area contributed by atoms with Gasteiger partial charge in [-0.2, -0.15) is 5.10 Å². The van der Waals surface area contributed by atoms with E-state index in [9.17, 15) is 0 Å². The number of H-pyrrole nitrogens is 1. The average molecular weight is 207 g/mol. The summed E-state index contributed by atoms with van der Waals surface area (Å²) in [6.07, 6.45) is 8.66. The number of rotatable bonds is 4. The molecule has 0 bridgehead atoms. The molecule has 1 heterocycles. The maximum absolute atomic E-state index is 3.96.